The maximum atomic E-state index is 13.2. The Balaban J connectivity index is 1.25. The largest absolute Gasteiger partial charge is 0.339 e. The summed E-state index contributed by atoms with van der Waals surface area (Å²) in [6, 6.07) is 5.53. The van der Waals surface area contributed by atoms with E-state index in [1.807, 2.05) is 33.2 Å². The molecule has 2 amide bonds. The summed E-state index contributed by atoms with van der Waals surface area (Å²) in [4.78, 5) is 38.5. The number of aromatic nitrogens is 5. The standard InChI is InChI=1S/C31H40N7O2P/c1-7-20-12-31(4,41-6)13-22(20)8-18(2)29(39)35-25-11-26(19(3)32-16-25)37-30(40)23-9-21-10-27(36-28(21)33-14-23)24-15-34-38(5)17-24/h9-11,14-18,20,22,41H,7-8,12-13H2,1-6H3,(H,33,36)(H,35,39)(H,37,40). The van der Waals surface area contributed by atoms with Gasteiger partial charge in [-0.3, -0.25) is 19.3 Å². The Morgan fingerprint density at radius 1 is 1.15 bits per heavy atom. The first-order chi connectivity index (χ1) is 19.6. The molecule has 4 heterocycles. The summed E-state index contributed by atoms with van der Waals surface area (Å²) in [5.41, 5.74) is 4.73. The van der Waals surface area contributed by atoms with Crippen LogP contribution in [0.3, 0.4) is 0 Å². The molecule has 3 N–H and O–H groups in total. The van der Waals surface area contributed by atoms with Crippen molar-refractivity contribution in [1.29, 1.82) is 0 Å². The number of pyridine rings is 2. The third kappa shape index (κ3) is 6.35. The molecule has 0 radical (unpaired) electrons. The van der Waals surface area contributed by atoms with Gasteiger partial charge in [0.05, 0.1) is 40.7 Å². The van der Waals surface area contributed by atoms with Gasteiger partial charge >= 0.3 is 0 Å². The van der Waals surface area contributed by atoms with Gasteiger partial charge in [0.25, 0.3) is 5.91 Å². The van der Waals surface area contributed by atoms with Crippen LogP contribution < -0.4 is 10.6 Å². The fraction of sp³-hybridized carbons (Fsp3) is 0.452. The monoisotopic (exact) mass is 573 g/mol. The van der Waals surface area contributed by atoms with E-state index in [2.05, 4.69) is 51.2 Å². The Morgan fingerprint density at radius 2 is 1.93 bits per heavy atom. The van der Waals surface area contributed by atoms with E-state index in [-0.39, 0.29) is 17.7 Å². The average Bonchev–Trinajstić information content (AvgIpc) is 3.66. The molecule has 0 spiro atoms. The highest BCUT2D eigenvalue weighted by atomic mass is 31.1. The number of hydrogen-bond donors (Lipinski definition) is 3. The Hall–Kier alpha value is -3.58. The molecule has 9 nitrogen and oxygen atoms in total. The van der Waals surface area contributed by atoms with Crippen LogP contribution in [0.4, 0.5) is 11.4 Å². The molecule has 0 aliphatic heterocycles. The molecular formula is C31H40N7O2P. The van der Waals surface area contributed by atoms with E-state index in [0.717, 1.165) is 31.6 Å². The lowest BCUT2D eigenvalue weighted by atomic mass is 9.85. The molecule has 10 heteroatoms. The number of aryl methyl sites for hydroxylation is 2. The van der Waals surface area contributed by atoms with E-state index in [0.29, 0.717) is 45.3 Å². The fourth-order valence-electron chi connectivity index (χ4n) is 6.14. The molecule has 4 aromatic heterocycles. The number of rotatable bonds is 9. The normalized spacial score (nSPS) is 21.5. The van der Waals surface area contributed by atoms with Crippen molar-refractivity contribution < 1.29 is 9.59 Å². The van der Waals surface area contributed by atoms with Crippen molar-refractivity contribution in [1.82, 2.24) is 24.7 Å². The van der Waals surface area contributed by atoms with Gasteiger partial charge in [-0.15, -0.1) is 8.58 Å². The second kappa shape index (κ2) is 11.7. The predicted molar refractivity (Wildman–Crippen MR) is 167 cm³/mol. The van der Waals surface area contributed by atoms with Crippen LogP contribution >= 0.6 is 8.58 Å². The summed E-state index contributed by atoms with van der Waals surface area (Å²) in [5, 5.41) is 11.4. The first kappa shape index (κ1) is 28.9. The van der Waals surface area contributed by atoms with Gasteiger partial charge in [0.15, 0.2) is 0 Å². The molecule has 4 aromatic rings. The van der Waals surface area contributed by atoms with Crippen molar-refractivity contribution in [2.75, 3.05) is 17.3 Å². The van der Waals surface area contributed by atoms with Gasteiger partial charge in [0.1, 0.15) is 5.65 Å². The van der Waals surface area contributed by atoms with Gasteiger partial charge in [0, 0.05) is 36.3 Å². The Labute approximate surface area is 243 Å². The van der Waals surface area contributed by atoms with Crippen LogP contribution in [0.5, 0.6) is 0 Å². The highest BCUT2D eigenvalue weighted by molar-refractivity contribution is 7.39. The maximum Gasteiger partial charge on any atom is 0.257 e. The van der Waals surface area contributed by atoms with Crippen molar-refractivity contribution in [2.24, 2.45) is 24.8 Å². The molecular weight excluding hydrogens is 533 g/mol. The number of nitrogens with zero attached hydrogens (tertiary/aromatic N) is 4. The molecule has 1 aliphatic carbocycles. The smallest absolute Gasteiger partial charge is 0.257 e. The van der Waals surface area contributed by atoms with Crippen LogP contribution in [-0.2, 0) is 11.8 Å². The number of H-pyrrole nitrogens is 1. The van der Waals surface area contributed by atoms with Gasteiger partial charge in [-0.25, -0.2) is 4.98 Å². The topological polar surface area (TPSA) is 118 Å². The lowest BCUT2D eigenvalue weighted by Crippen LogP contribution is -2.24. The molecule has 1 fully saturated rings. The lowest BCUT2D eigenvalue weighted by Gasteiger charge is -2.23. The number of carbonyl (C=O) groups excluding carboxylic acids is 2. The second-order valence-electron chi connectivity index (χ2n) is 11.8. The van der Waals surface area contributed by atoms with Crippen LogP contribution in [0.2, 0.25) is 0 Å². The van der Waals surface area contributed by atoms with Gasteiger partial charge < -0.3 is 15.6 Å². The summed E-state index contributed by atoms with van der Waals surface area (Å²) in [6.45, 7) is 10.8. The quantitative estimate of drug-likeness (QED) is 0.201. The Morgan fingerprint density at radius 3 is 2.63 bits per heavy atom. The SMILES string of the molecule is CCC1CC(C)(PC)CC1CC(C)C(=O)Nc1cnc(C)c(NC(=O)c2cnc3[nH]c(-c4cnn(C)c4)cc3c2)c1. The van der Waals surface area contributed by atoms with Crippen molar-refractivity contribution in [3.63, 3.8) is 0 Å². The summed E-state index contributed by atoms with van der Waals surface area (Å²) >= 11 is 0. The summed E-state index contributed by atoms with van der Waals surface area (Å²) in [5.74, 6) is 0.855. The van der Waals surface area contributed by atoms with E-state index in [1.54, 1.807) is 35.4 Å². The average molecular weight is 574 g/mol. The van der Waals surface area contributed by atoms with Crippen molar-refractivity contribution in [3.8, 4) is 11.3 Å². The molecule has 5 atom stereocenters. The van der Waals surface area contributed by atoms with E-state index in [1.165, 1.54) is 19.3 Å². The van der Waals surface area contributed by atoms with Crippen molar-refractivity contribution in [2.45, 2.75) is 58.5 Å². The molecule has 216 valence electrons. The van der Waals surface area contributed by atoms with Crippen LogP contribution in [0.1, 0.15) is 62.5 Å². The third-order valence-corrected chi connectivity index (χ3v) is 10.3. The predicted octanol–water partition coefficient (Wildman–Crippen LogP) is 6.39. The zero-order valence-corrected chi connectivity index (χ0v) is 25.7. The minimum atomic E-state index is -0.295. The molecule has 41 heavy (non-hydrogen) atoms. The molecule has 0 aromatic carbocycles. The van der Waals surface area contributed by atoms with E-state index >= 15 is 0 Å². The minimum Gasteiger partial charge on any atom is -0.339 e. The number of nitrogens with one attached hydrogen (secondary N) is 3. The number of hydrogen-bond acceptors (Lipinski definition) is 5. The van der Waals surface area contributed by atoms with E-state index in [4.69, 9.17) is 0 Å². The molecule has 5 unspecified atom stereocenters. The van der Waals surface area contributed by atoms with Crippen LogP contribution in [0.15, 0.2) is 43.0 Å². The van der Waals surface area contributed by atoms with Crippen LogP contribution in [-0.4, -0.2) is 48.4 Å². The molecule has 5 rings (SSSR count). The second-order valence-corrected chi connectivity index (χ2v) is 13.5. The first-order valence-corrected chi connectivity index (χ1v) is 15.8. The minimum absolute atomic E-state index is 0.0122. The van der Waals surface area contributed by atoms with E-state index < -0.39 is 0 Å². The van der Waals surface area contributed by atoms with Crippen LogP contribution in [0, 0.1) is 24.7 Å². The van der Waals surface area contributed by atoms with Gasteiger partial charge in [0.2, 0.25) is 5.91 Å². The summed E-state index contributed by atoms with van der Waals surface area (Å²) in [7, 11) is 2.80. The number of amides is 2. The number of fused-ring (bicyclic) bond motifs is 1. The third-order valence-electron chi connectivity index (χ3n) is 8.67. The lowest BCUT2D eigenvalue weighted by molar-refractivity contribution is -0.120. The van der Waals surface area contributed by atoms with Crippen molar-refractivity contribution in [3.05, 3.63) is 54.2 Å². The van der Waals surface area contributed by atoms with Crippen LogP contribution in [0.25, 0.3) is 22.3 Å². The van der Waals surface area contributed by atoms with Crippen molar-refractivity contribution >= 4 is 42.8 Å². The molecule has 1 saturated carbocycles. The highest BCUT2D eigenvalue weighted by Gasteiger charge is 2.41. The zero-order valence-electron chi connectivity index (χ0n) is 24.7. The number of carbonyl (C=O) groups is 2. The number of aromatic amines is 1. The Bertz CT molecular complexity index is 1580. The highest BCUT2D eigenvalue weighted by Crippen LogP contribution is 2.52. The zero-order chi connectivity index (χ0) is 29.3. The maximum absolute atomic E-state index is 13.2. The van der Waals surface area contributed by atoms with Gasteiger partial charge in [-0.05, 0) is 68.0 Å². The molecule has 0 bridgehead atoms. The summed E-state index contributed by atoms with van der Waals surface area (Å²) in [6.07, 6.45) is 11.4. The van der Waals surface area contributed by atoms with E-state index in [9.17, 15) is 9.59 Å². The molecule has 0 saturated heterocycles. The number of anilines is 2. The van der Waals surface area contributed by atoms with Gasteiger partial charge in [-0.1, -0.05) is 27.2 Å². The first-order valence-electron chi connectivity index (χ1n) is 14.3. The van der Waals surface area contributed by atoms with Gasteiger partial charge in [-0.2, -0.15) is 5.10 Å². The fourth-order valence-corrected chi connectivity index (χ4v) is 7.07. The Kier molecular flexibility index (Phi) is 8.28. The summed E-state index contributed by atoms with van der Waals surface area (Å²) < 4.78 is 1.74. The molecule has 1 aliphatic rings.